The second-order valence-electron chi connectivity index (χ2n) is 5.08. The van der Waals surface area contributed by atoms with Crippen LogP contribution in [0.1, 0.15) is 32.4 Å². The highest BCUT2D eigenvalue weighted by Gasteiger charge is 2.27. The molecule has 1 rings (SSSR count). The minimum atomic E-state index is -1.33. The molecule has 7 heteroatoms. The Morgan fingerprint density at radius 3 is 2.45 bits per heavy atom. The molecule has 0 unspecified atom stereocenters. The van der Waals surface area contributed by atoms with Crippen LogP contribution in [0.15, 0.2) is 22.7 Å². The Morgan fingerprint density at radius 1 is 1.40 bits per heavy atom. The number of carboxylic acid groups (broad SMARTS) is 1. The number of aliphatic carboxylic acids is 1. The summed E-state index contributed by atoms with van der Waals surface area (Å²) in [6.45, 7) is 4.99. The summed E-state index contributed by atoms with van der Waals surface area (Å²) in [7, 11) is 0. The molecule has 1 atom stereocenters. The zero-order valence-electron chi connectivity index (χ0n) is 11.2. The van der Waals surface area contributed by atoms with Gasteiger partial charge in [-0.2, -0.15) is 0 Å². The van der Waals surface area contributed by atoms with E-state index in [9.17, 15) is 19.1 Å². The standard InChI is InChI=1S/C13H15BrFNO4/c1-13(2,3)20-12(19)16-10(11(17)18)8-5-4-7(15)6-9(8)14/h4-6,10H,1-3H3,(H,16,19)(H,17,18)/t10-/m0/s1. The van der Waals surface area contributed by atoms with E-state index >= 15 is 0 Å². The molecular weight excluding hydrogens is 333 g/mol. The maximum atomic E-state index is 13.0. The number of nitrogens with one attached hydrogen (secondary N) is 1. The number of rotatable bonds is 3. The van der Waals surface area contributed by atoms with Crippen molar-refractivity contribution >= 4 is 28.0 Å². The highest BCUT2D eigenvalue weighted by Crippen LogP contribution is 2.25. The maximum Gasteiger partial charge on any atom is 0.408 e. The van der Waals surface area contributed by atoms with Crippen LogP contribution in [0, 0.1) is 5.82 Å². The van der Waals surface area contributed by atoms with E-state index in [0.29, 0.717) is 0 Å². The van der Waals surface area contributed by atoms with Gasteiger partial charge in [-0.3, -0.25) is 0 Å². The summed E-state index contributed by atoms with van der Waals surface area (Å²) in [5.74, 6) is -1.79. The van der Waals surface area contributed by atoms with Gasteiger partial charge in [0.15, 0.2) is 6.04 Å². The normalized spacial score (nSPS) is 12.7. The first-order valence-electron chi connectivity index (χ1n) is 5.77. The summed E-state index contributed by atoms with van der Waals surface area (Å²) in [5.41, 5.74) is -0.516. The first kappa shape index (κ1) is 16.4. The van der Waals surface area contributed by atoms with Crippen LogP contribution in [0.2, 0.25) is 0 Å². The minimum Gasteiger partial charge on any atom is -0.479 e. The number of amides is 1. The molecule has 0 aliphatic carbocycles. The molecule has 2 N–H and O–H groups in total. The van der Waals surface area contributed by atoms with Crippen LogP contribution < -0.4 is 5.32 Å². The number of halogens is 2. The van der Waals surface area contributed by atoms with Crippen LogP contribution in [0.5, 0.6) is 0 Å². The molecule has 0 heterocycles. The molecule has 1 aromatic carbocycles. The van der Waals surface area contributed by atoms with Crippen molar-refractivity contribution in [2.24, 2.45) is 0 Å². The summed E-state index contributed by atoms with van der Waals surface area (Å²) in [6, 6.07) is 2.20. The van der Waals surface area contributed by atoms with Crippen molar-refractivity contribution in [1.29, 1.82) is 0 Å². The Kier molecular flexibility index (Phi) is 5.10. The predicted octanol–water partition coefficient (Wildman–Crippen LogP) is 3.24. The molecule has 20 heavy (non-hydrogen) atoms. The van der Waals surface area contributed by atoms with Crippen molar-refractivity contribution in [3.05, 3.63) is 34.1 Å². The van der Waals surface area contributed by atoms with E-state index in [1.165, 1.54) is 6.07 Å². The van der Waals surface area contributed by atoms with Gasteiger partial charge in [-0.05, 0) is 32.9 Å². The SMILES string of the molecule is CC(C)(C)OC(=O)N[C@H](C(=O)O)c1ccc(F)cc1Br. The molecule has 0 aliphatic rings. The fourth-order valence-corrected chi connectivity index (χ4v) is 2.01. The van der Waals surface area contributed by atoms with E-state index in [-0.39, 0.29) is 10.0 Å². The molecule has 0 saturated heterocycles. The summed E-state index contributed by atoms with van der Waals surface area (Å²) >= 11 is 3.07. The molecule has 0 spiro atoms. The Labute approximate surface area is 124 Å². The lowest BCUT2D eigenvalue weighted by molar-refractivity contribution is -0.139. The van der Waals surface area contributed by atoms with Gasteiger partial charge in [0.25, 0.3) is 0 Å². The second-order valence-corrected chi connectivity index (χ2v) is 5.94. The average molecular weight is 348 g/mol. The maximum absolute atomic E-state index is 13.0. The molecule has 0 bridgehead atoms. The van der Waals surface area contributed by atoms with Gasteiger partial charge in [-0.1, -0.05) is 22.0 Å². The van der Waals surface area contributed by atoms with Crippen LogP contribution in [-0.4, -0.2) is 22.8 Å². The van der Waals surface area contributed by atoms with E-state index in [4.69, 9.17) is 4.74 Å². The second kappa shape index (κ2) is 6.21. The van der Waals surface area contributed by atoms with Crippen molar-refractivity contribution in [3.63, 3.8) is 0 Å². The monoisotopic (exact) mass is 347 g/mol. The Morgan fingerprint density at radius 2 is 2.00 bits per heavy atom. The molecular formula is C13H15BrFNO4. The third-order valence-electron chi connectivity index (χ3n) is 2.18. The molecule has 1 amide bonds. The number of hydrogen-bond acceptors (Lipinski definition) is 3. The number of carboxylic acids is 1. The molecule has 0 saturated carbocycles. The topological polar surface area (TPSA) is 75.6 Å². The minimum absolute atomic E-state index is 0.227. The average Bonchev–Trinajstić information content (AvgIpc) is 2.23. The molecule has 0 aliphatic heterocycles. The summed E-state index contributed by atoms with van der Waals surface area (Å²) in [4.78, 5) is 22.9. The molecule has 0 aromatic heterocycles. The largest absolute Gasteiger partial charge is 0.479 e. The van der Waals surface area contributed by atoms with E-state index < -0.39 is 29.5 Å². The zero-order valence-corrected chi connectivity index (χ0v) is 12.8. The third-order valence-corrected chi connectivity index (χ3v) is 2.87. The molecule has 0 radical (unpaired) electrons. The lowest BCUT2D eigenvalue weighted by atomic mass is 10.1. The van der Waals surface area contributed by atoms with E-state index in [2.05, 4.69) is 21.2 Å². The number of hydrogen-bond donors (Lipinski definition) is 2. The van der Waals surface area contributed by atoms with E-state index in [1.54, 1.807) is 20.8 Å². The van der Waals surface area contributed by atoms with Gasteiger partial charge in [0.1, 0.15) is 11.4 Å². The van der Waals surface area contributed by atoms with Gasteiger partial charge in [0, 0.05) is 10.0 Å². The first-order chi connectivity index (χ1) is 9.10. The molecule has 1 aromatic rings. The van der Waals surface area contributed by atoms with Gasteiger partial charge in [0.2, 0.25) is 0 Å². The van der Waals surface area contributed by atoms with Crippen molar-refractivity contribution < 1.29 is 23.8 Å². The first-order valence-corrected chi connectivity index (χ1v) is 6.57. The number of carbonyl (C=O) groups excluding carboxylic acids is 1. The molecule has 110 valence electrons. The van der Waals surface area contributed by atoms with Crippen molar-refractivity contribution in [2.45, 2.75) is 32.4 Å². The lowest BCUT2D eigenvalue weighted by Gasteiger charge is -2.22. The summed E-state index contributed by atoms with van der Waals surface area (Å²) in [6.07, 6.45) is -0.860. The fraction of sp³-hybridized carbons (Fsp3) is 0.385. The van der Waals surface area contributed by atoms with E-state index in [0.717, 1.165) is 12.1 Å². The van der Waals surface area contributed by atoms with Crippen LogP contribution >= 0.6 is 15.9 Å². The number of benzene rings is 1. The van der Waals surface area contributed by atoms with Gasteiger partial charge in [-0.25, -0.2) is 14.0 Å². The van der Waals surface area contributed by atoms with Crippen LogP contribution in [0.25, 0.3) is 0 Å². The lowest BCUT2D eigenvalue weighted by Crippen LogP contribution is -2.38. The van der Waals surface area contributed by atoms with Crippen molar-refractivity contribution in [1.82, 2.24) is 5.32 Å². The van der Waals surface area contributed by atoms with Gasteiger partial charge in [-0.15, -0.1) is 0 Å². The number of alkyl carbamates (subject to hydrolysis) is 1. The smallest absolute Gasteiger partial charge is 0.408 e. The summed E-state index contributed by atoms with van der Waals surface area (Å²) < 4.78 is 18.3. The Hall–Kier alpha value is -1.63. The third kappa shape index (κ3) is 4.80. The van der Waals surface area contributed by atoms with Crippen molar-refractivity contribution in [3.8, 4) is 0 Å². The Balaban J connectivity index is 2.96. The van der Waals surface area contributed by atoms with Crippen LogP contribution in [0.3, 0.4) is 0 Å². The highest BCUT2D eigenvalue weighted by molar-refractivity contribution is 9.10. The molecule has 0 fully saturated rings. The van der Waals surface area contributed by atoms with Crippen LogP contribution in [-0.2, 0) is 9.53 Å². The van der Waals surface area contributed by atoms with Crippen molar-refractivity contribution in [2.75, 3.05) is 0 Å². The van der Waals surface area contributed by atoms with E-state index in [1.807, 2.05) is 0 Å². The van der Waals surface area contributed by atoms with Gasteiger partial charge in [0.05, 0.1) is 0 Å². The van der Waals surface area contributed by atoms with Crippen LogP contribution in [0.4, 0.5) is 9.18 Å². The van der Waals surface area contributed by atoms with Gasteiger partial charge < -0.3 is 15.2 Å². The van der Waals surface area contributed by atoms with Gasteiger partial charge >= 0.3 is 12.1 Å². The quantitative estimate of drug-likeness (QED) is 0.879. The highest BCUT2D eigenvalue weighted by atomic mass is 79.9. The Bertz CT molecular complexity index is 528. The zero-order chi connectivity index (χ0) is 15.5. The molecule has 5 nitrogen and oxygen atoms in total. The number of carbonyl (C=O) groups is 2. The predicted molar refractivity (Wildman–Crippen MR) is 73.8 cm³/mol. The number of ether oxygens (including phenoxy) is 1. The summed E-state index contributed by atoms with van der Waals surface area (Å²) in [5, 5.41) is 11.4. The fourth-order valence-electron chi connectivity index (χ4n) is 1.43.